The third-order valence-electron chi connectivity index (χ3n) is 3.36. The molecule has 7 heteroatoms. The topological polar surface area (TPSA) is 63.7 Å². The van der Waals surface area contributed by atoms with E-state index >= 15 is 0 Å². The van der Waals surface area contributed by atoms with Crippen LogP contribution < -0.4 is 0 Å². The second-order valence-corrected chi connectivity index (χ2v) is 8.02. The Morgan fingerprint density at radius 2 is 2.14 bits per heavy atom. The number of sulfonamides is 1. The summed E-state index contributed by atoms with van der Waals surface area (Å²) in [4.78, 5) is 11.1. The van der Waals surface area contributed by atoms with Gasteiger partial charge in [-0.25, -0.2) is 8.42 Å². The van der Waals surface area contributed by atoms with Crippen LogP contribution in [0.25, 0.3) is 6.08 Å². The summed E-state index contributed by atoms with van der Waals surface area (Å²) >= 11 is 1.45. The highest BCUT2D eigenvalue weighted by molar-refractivity contribution is 8.00. The highest BCUT2D eigenvalue weighted by Crippen LogP contribution is 2.25. The number of hydrogen-bond acceptors (Lipinski definition) is 5. The molecule has 1 saturated heterocycles. The third-order valence-corrected chi connectivity index (χ3v) is 6.15. The second-order valence-electron chi connectivity index (χ2n) is 4.91. The molecule has 22 heavy (non-hydrogen) atoms. The number of rotatable bonds is 6. The summed E-state index contributed by atoms with van der Waals surface area (Å²) in [5.74, 6) is -0.0233. The number of nitrogens with zero attached hydrogens (tertiary/aromatic N) is 1. The summed E-state index contributed by atoms with van der Waals surface area (Å²) in [7, 11) is -2.06. The van der Waals surface area contributed by atoms with Crippen LogP contribution in [-0.4, -0.2) is 49.9 Å². The molecule has 0 bridgehead atoms. The van der Waals surface area contributed by atoms with Gasteiger partial charge in [0.1, 0.15) is 0 Å². The lowest BCUT2D eigenvalue weighted by Crippen LogP contribution is -2.27. The Morgan fingerprint density at radius 1 is 1.41 bits per heavy atom. The molecule has 0 aliphatic carbocycles. The maximum absolute atomic E-state index is 12.3. The molecule has 2 rings (SSSR count). The summed E-state index contributed by atoms with van der Waals surface area (Å²) in [6.07, 6.45) is 2.35. The van der Waals surface area contributed by atoms with Gasteiger partial charge < -0.3 is 4.74 Å². The first-order chi connectivity index (χ1) is 10.5. The fourth-order valence-electron chi connectivity index (χ4n) is 2.12. The van der Waals surface area contributed by atoms with E-state index in [0.717, 1.165) is 12.0 Å². The Kier molecular flexibility index (Phi) is 6.05. The first-order valence-electron chi connectivity index (χ1n) is 6.93. The maximum atomic E-state index is 12.3. The van der Waals surface area contributed by atoms with Gasteiger partial charge in [0, 0.05) is 23.7 Å². The van der Waals surface area contributed by atoms with Gasteiger partial charge in [-0.05, 0) is 18.1 Å². The normalized spacial score (nSPS) is 19.6. The van der Waals surface area contributed by atoms with Gasteiger partial charge in [0.25, 0.3) is 0 Å². The summed E-state index contributed by atoms with van der Waals surface area (Å²) in [6.45, 7) is 0.920. The molecule has 0 aromatic heterocycles. The first-order valence-corrected chi connectivity index (χ1v) is 9.48. The number of carbonyl (C=O) groups excluding carboxylic acids is 1. The van der Waals surface area contributed by atoms with Gasteiger partial charge in [-0.1, -0.05) is 30.3 Å². The molecule has 0 spiro atoms. The predicted octanol–water partition coefficient (Wildman–Crippen LogP) is 1.97. The summed E-state index contributed by atoms with van der Waals surface area (Å²) < 4.78 is 30.6. The molecule has 1 atom stereocenters. The van der Waals surface area contributed by atoms with E-state index in [9.17, 15) is 13.2 Å². The minimum atomic E-state index is -3.41. The highest BCUT2D eigenvalue weighted by Gasteiger charge is 2.30. The minimum Gasteiger partial charge on any atom is -0.468 e. The van der Waals surface area contributed by atoms with E-state index in [-0.39, 0.29) is 17.0 Å². The van der Waals surface area contributed by atoms with Crippen molar-refractivity contribution < 1.29 is 17.9 Å². The van der Waals surface area contributed by atoms with Gasteiger partial charge in [-0.15, -0.1) is 11.8 Å². The fourth-order valence-corrected chi connectivity index (χ4v) is 4.51. The predicted molar refractivity (Wildman–Crippen MR) is 88.8 cm³/mol. The van der Waals surface area contributed by atoms with Crippen molar-refractivity contribution in [2.24, 2.45) is 0 Å². The van der Waals surface area contributed by atoms with Crippen LogP contribution in [0.5, 0.6) is 0 Å². The molecule has 0 saturated carbocycles. The number of benzene rings is 1. The number of thioether (sulfide) groups is 1. The Balaban J connectivity index is 1.91. The molecule has 0 unspecified atom stereocenters. The molecule has 5 nitrogen and oxygen atoms in total. The van der Waals surface area contributed by atoms with E-state index in [0.29, 0.717) is 13.1 Å². The van der Waals surface area contributed by atoms with E-state index < -0.39 is 10.0 Å². The lowest BCUT2D eigenvalue weighted by molar-refractivity contribution is -0.137. The largest absolute Gasteiger partial charge is 0.468 e. The van der Waals surface area contributed by atoms with Crippen LogP contribution in [0.4, 0.5) is 0 Å². The summed E-state index contributed by atoms with van der Waals surface area (Å²) in [5, 5.41) is 1.38. The van der Waals surface area contributed by atoms with Crippen molar-refractivity contribution in [3.05, 3.63) is 41.3 Å². The van der Waals surface area contributed by atoms with Crippen molar-refractivity contribution in [3.8, 4) is 0 Å². The average molecular weight is 341 g/mol. The molecule has 1 aliphatic rings. The molecule has 1 aromatic rings. The lowest BCUT2D eigenvalue weighted by atomic mass is 10.2. The monoisotopic (exact) mass is 341 g/mol. The zero-order valence-corrected chi connectivity index (χ0v) is 14.0. The molecule has 0 radical (unpaired) electrons. The molecule has 1 heterocycles. The van der Waals surface area contributed by atoms with Crippen molar-refractivity contribution in [3.63, 3.8) is 0 Å². The quantitative estimate of drug-likeness (QED) is 0.740. The van der Waals surface area contributed by atoms with Crippen molar-refractivity contribution in [2.75, 3.05) is 26.0 Å². The van der Waals surface area contributed by atoms with Crippen molar-refractivity contribution in [1.82, 2.24) is 4.31 Å². The smallest absolute Gasteiger partial charge is 0.315 e. The summed E-state index contributed by atoms with van der Waals surface area (Å²) in [6, 6.07) is 9.31. The zero-order valence-electron chi connectivity index (χ0n) is 12.3. The Hall–Kier alpha value is -1.31. The number of methoxy groups -OCH3 is 1. The highest BCUT2D eigenvalue weighted by atomic mass is 32.2. The van der Waals surface area contributed by atoms with Crippen LogP contribution in [0.15, 0.2) is 35.7 Å². The Bertz CT molecular complexity index is 628. The van der Waals surface area contributed by atoms with Gasteiger partial charge in [0.05, 0.1) is 12.9 Å². The van der Waals surface area contributed by atoms with Crippen molar-refractivity contribution >= 4 is 33.8 Å². The lowest BCUT2D eigenvalue weighted by Gasteiger charge is -2.13. The Morgan fingerprint density at radius 3 is 2.82 bits per heavy atom. The first kappa shape index (κ1) is 17.1. The van der Waals surface area contributed by atoms with Crippen molar-refractivity contribution in [1.29, 1.82) is 0 Å². The average Bonchev–Trinajstić information content (AvgIpc) is 3.01. The van der Waals surface area contributed by atoms with Gasteiger partial charge >= 0.3 is 5.97 Å². The maximum Gasteiger partial charge on any atom is 0.315 e. The molecular weight excluding hydrogens is 322 g/mol. The molecule has 1 fully saturated rings. The molecule has 0 amide bonds. The fraction of sp³-hybridized carbons (Fsp3) is 0.400. The van der Waals surface area contributed by atoms with Gasteiger partial charge in [0.15, 0.2) is 0 Å². The van der Waals surface area contributed by atoms with Crippen LogP contribution in [0, 0.1) is 0 Å². The van der Waals surface area contributed by atoms with Gasteiger partial charge in [-0.2, -0.15) is 4.31 Å². The van der Waals surface area contributed by atoms with Crippen LogP contribution in [-0.2, 0) is 19.6 Å². The van der Waals surface area contributed by atoms with Crippen LogP contribution in [0.2, 0.25) is 0 Å². The van der Waals surface area contributed by atoms with Gasteiger partial charge in [0.2, 0.25) is 10.0 Å². The molecular formula is C15H19NO4S2. The SMILES string of the molecule is COC(=O)CS[C@H]1CCN(S(=O)(=O)/C=C/c2ccccc2)C1. The molecule has 1 aromatic carbocycles. The minimum absolute atomic E-state index is 0.138. The third kappa shape index (κ3) is 4.86. The number of ether oxygens (including phenoxy) is 1. The molecule has 120 valence electrons. The Labute approximate surface area is 135 Å². The van der Waals surface area contributed by atoms with Crippen molar-refractivity contribution in [2.45, 2.75) is 11.7 Å². The van der Waals surface area contributed by atoms with E-state index in [4.69, 9.17) is 0 Å². The number of carbonyl (C=O) groups is 1. The van der Waals surface area contributed by atoms with Gasteiger partial charge in [-0.3, -0.25) is 4.79 Å². The summed E-state index contributed by atoms with van der Waals surface area (Å²) in [5.41, 5.74) is 0.849. The van der Waals surface area contributed by atoms with E-state index in [1.165, 1.54) is 28.6 Å². The number of esters is 1. The van der Waals surface area contributed by atoms with Crippen LogP contribution in [0.1, 0.15) is 12.0 Å². The second kappa shape index (κ2) is 7.80. The molecule has 1 aliphatic heterocycles. The zero-order chi connectivity index (χ0) is 16.0. The standard InChI is InChI=1S/C15H19NO4S2/c1-20-15(17)12-21-14-7-9-16(11-14)22(18,19)10-8-13-5-3-2-4-6-13/h2-6,8,10,14H,7,9,11-12H2,1H3/b10-8+/t14-/m0/s1. The number of hydrogen-bond donors (Lipinski definition) is 0. The van der Waals surface area contributed by atoms with Crippen LogP contribution >= 0.6 is 11.8 Å². The van der Waals surface area contributed by atoms with E-state index in [1.54, 1.807) is 6.08 Å². The van der Waals surface area contributed by atoms with E-state index in [2.05, 4.69) is 4.74 Å². The van der Waals surface area contributed by atoms with Crippen LogP contribution in [0.3, 0.4) is 0 Å². The molecule has 0 N–H and O–H groups in total. The van der Waals surface area contributed by atoms with E-state index in [1.807, 2.05) is 30.3 Å².